The van der Waals surface area contributed by atoms with Gasteiger partial charge in [0.15, 0.2) is 0 Å². The molecule has 0 saturated heterocycles. The van der Waals surface area contributed by atoms with E-state index < -0.39 is 17.6 Å². The minimum Gasteiger partial charge on any atom is -0.326 e. The Hall–Kier alpha value is -2.42. The molecule has 22 heavy (non-hydrogen) atoms. The number of hydrogen-bond acceptors (Lipinski definition) is 4. The van der Waals surface area contributed by atoms with Crippen molar-refractivity contribution in [2.75, 3.05) is 5.32 Å². The Morgan fingerprint density at radius 3 is 2.68 bits per heavy atom. The van der Waals surface area contributed by atoms with Crippen LogP contribution in [0.15, 0.2) is 30.6 Å². The molecule has 0 bridgehead atoms. The van der Waals surface area contributed by atoms with Gasteiger partial charge in [-0.25, -0.2) is 0 Å². The third-order valence-electron chi connectivity index (χ3n) is 2.88. The van der Waals surface area contributed by atoms with Gasteiger partial charge in [-0.15, -0.1) is 5.10 Å². The van der Waals surface area contributed by atoms with Crippen molar-refractivity contribution in [2.45, 2.75) is 25.7 Å². The number of nitrogens with two attached hydrogens (primary N) is 1. The Labute approximate surface area is 124 Å². The zero-order valence-electron chi connectivity index (χ0n) is 11.5. The van der Waals surface area contributed by atoms with Gasteiger partial charge < -0.3 is 11.1 Å². The Morgan fingerprint density at radius 1 is 1.32 bits per heavy atom. The molecule has 2 rings (SSSR count). The maximum Gasteiger partial charge on any atom is 0.416 e. The van der Waals surface area contributed by atoms with Crippen molar-refractivity contribution in [2.24, 2.45) is 5.73 Å². The number of aryl methyl sites for hydroxylation is 1. The van der Waals surface area contributed by atoms with Crippen molar-refractivity contribution in [3.63, 3.8) is 0 Å². The normalized spacial score (nSPS) is 11.5. The summed E-state index contributed by atoms with van der Waals surface area (Å²) in [5, 5.41) is 9.71. The zero-order chi connectivity index (χ0) is 16.2. The molecule has 6 nitrogen and oxygen atoms in total. The van der Waals surface area contributed by atoms with E-state index in [2.05, 4.69) is 15.6 Å². The summed E-state index contributed by atoms with van der Waals surface area (Å²) in [6.07, 6.45) is -1.37. The summed E-state index contributed by atoms with van der Waals surface area (Å²) >= 11 is 0. The Bertz CT molecular complexity index is 640. The van der Waals surface area contributed by atoms with E-state index in [9.17, 15) is 18.0 Å². The van der Waals surface area contributed by atoms with Gasteiger partial charge in [-0.05, 0) is 23.8 Å². The Kier molecular flexibility index (Phi) is 4.76. The van der Waals surface area contributed by atoms with Crippen molar-refractivity contribution in [3.8, 4) is 0 Å². The molecule has 0 spiro atoms. The summed E-state index contributed by atoms with van der Waals surface area (Å²) in [5.74, 6) is -0.419. The highest BCUT2D eigenvalue weighted by atomic mass is 19.4. The van der Waals surface area contributed by atoms with E-state index in [1.165, 1.54) is 16.9 Å². The minimum absolute atomic E-state index is 0.0499. The number of nitrogens with zero attached hydrogens (tertiary/aromatic N) is 3. The summed E-state index contributed by atoms with van der Waals surface area (Å²) in [5.41, 5.74) is 4.90. The van der Waals surface area contributed by atoms with E-state index >= 15 is 0 Å². The molecular formula is C13H14F3N5O. The number of halogens is 3. The van der Waals surface area contributed by atoms with Crippen LogP contribution in [0.2, 0.25) is 0 Å². The predicted molar refractivity (Wildman–Crippen MR) is 72.6 cm³/mol. The predicted octanol–water partition coefficient (Wildman–Crippen LogP) is 1.78. The summed E-state index contributed by atoms with van der Waals surface area (Å²) in [6, 6.07) is 3.26. The lowest BCUT2D eigenvalue weighted by atomic mass is 10.1. The molecule has 0 radical (unpaired) electrons. The fourth-order valence-electron chi connectivity index (χ4n) is 1.84. The van der Waals surface area contributed by atoms with Crippen LogP contribution in [0.1, 0.15) is 17.5 Å². The first-order chi connectivity index (χ1) is 10.4. The largest absolute Gasteiger partial charge is 0.416 e. The number of rotatable bonds is 5. The maximum absolute atomic E-state index is 12.8. The van der Waals surface area contributed by atoms with Gasteiger partial charge in [0.1, 0.15) is 0 Å². The highest BCUT2D eigenvalue weighted by Gasteiger charge is 2.31. The number of anilines is 1. The minimum atomic E-state index is -4.49. The molecule has 1 aromatic carbocycles. The summed E-state index contributed by atoms with van der Waals surface area (Å²) in [7, 11) is 0. The maximum atomic E-state index is 12.8. The summed E-state index contributed by atoms with van der Waals surface area (Å²) in [6.45, 7) is 0.236. The molecule has 0 fully saturated rings. The highest BCUT2D eigenvalue weighted by Crippen LogP contribution is 2.32. The first kappa shape index (κ1) is 16.0. The van der Waals surface area contributed by atoms with Gasteiger partial charge in [0.25, 0.3) is 0 Å². The van der Waals surface area contributed by atoms with Crippen molar-refractivity contribution >= 4 is 11.6 Å². The first-order valence-corrected chi connectivity index (χ1v) is 6.43. The van der Waals surface area contributed by atoms with Crippen molar-refractivity contribution < 1.29 is 18.0 Å². The fraction of sp³-hybridized carbons (Fsp3) is 0.308. The van der Waals surface area contributed by atoms with Crippen molar-refractivity contribution in [3.05, 3.63) is 41.7 Å². The third kappa shape index (κ3) is 4.29. The van der Waals surface area contributed by atoms with E-state index in [1.54, 1.807) is 6.20 Å². The molecule has 0 unspecified atom stereocenters. The quantitative estimate of drug-likeness (QED) is 0.881. The number of alkyl halides is 3. The summed E-state index contributed by atoms with van der Waals surface area (Å²) in [4.78, 5) is 11.8. The molecule has 1 heterocycles. The molecule has 0 aliphatic carbocycles. The second-order valence-electron chi connectivity index (χ2n) is 4.58. The molecule has 1 amide bonds. The number of carbonyl (C=O) groups is 1. The second kappa shape index (κ2) is 6.56. The van der Waals surface area contributed by atoms with E-state index in [1.807, 2.05) is 0 Å². The van der Waals surface area contributed by atoms with Crippen LogP contribution in [0, 0.1) is 0 Å². The molecule has 0 aliphatic heterocycles. The fourth-order valence-corrected chi connectivity index (χ4v) is 1.84. The van der Waals surface area contributed by atoms with Gasteiger partial charge in [0, 0.05) is 24.8 Å². The van der Waals surface area contributed by atoms with Gasteiger partial charge in [-0.1, -0.05) is 5.21 Å². The number of amides is 1. The average molecular weight is 313 g/mol. The van der Waals surface area contributed by atoms with Gasteiger partial charge in [-0.2, -0.15) is 13.2 Å². The lowest BCUT2D eigenvalue weighted by molar-refractivity contribution is -0.137. The molecule has 9 heteroatoms. The SMILES string of the molecule is NCc1cc(NC(=O)CCn2ccnn2)cc(C(F)(F)F)c1. The number of benzene rings is 1. The molecule has 3 N–H and O–H groups in total. The Balaban J connectivity index is 2.06. The molecule has 0 aliphatic rings. The smallest absolute Gasteiger partial charge is 0.326 e. The number of aromatic nitrogens is 3. The first-order valence-electron chi connectivity index (χ1n) is 6.43. The van der Waals surface area contributed by atoms with Crippen LogP contribution in [0.25, 0.3) is 0 Å². The number of nitrogens with one attached hydrogen (secondary N) is 1. The molecule has 118 valence electrons. The van der Waals surface area contributed by atoms with Crippen LogP contribution in [0.4, 0.5) is 18.9 Å². The lowest BCUT2D eigenvalue weighted by Gasteiger charge is -2.12. The van der Waals surface area contributed by atoms with Crippen LogP contribution in [-0.2, 0) is 24.1 Å². The van der Waals surface area contributed by atoms with E-state index in [4.69, 9.17) is 5.73 Å². The molecule has 1 aromatic heterocycles. The molecule has 0 atom stereocenters. The van der Waals surface area contributed by atoms with Gasteiger partial charge in [0.05, 0.1) is 18.3 Å². The third-order valence-corrected chi connectivity index (χ3v) is 2.88. The van der Waals surface area contributed by atoms with E-state index in [-0.39, 0.29) is 25.2 Å². The topological polar surface area (TPSA) is 85.8 Å². The van der Waals surface area contributed by atoms with E-state index in [0.29, 0.717) is 5.56 Å². The number of hydrogen-bond donors (Lipinski definition) is 2. The van der Waals surface area contributed by atoms with Crippen molar-refractivity contribution in [1.82, 2.24) is 15.0 Å². The van der Waals surface area contributed by atoms with E-state index in [0.717, 1.165) is 12.1 Å². The molecule has 2 aromatic rings. The lowest BCUT2D eigenvalue weighted by Crippen LogP contribution is -2.16. The van der Waals surface area contributed by atoms with Crippen LogP contribution in [-0.4, -0.2) is 20.9 Å². The molecule has 0 saturated carbocycles. The van der Waals surface area contributed by atoms with Gasteiger partial charge in [-0.3, -0.25) is 9.48 Å². The zero-order valence-corrected chi connectivity index (χ0v) is 11.5. The summed E-state index contributed by atoms with van der Waals surface area (Å²) < 4.78 is 39.8. The highest BCUT2D eigenvalue weighted by molar-refractivity contribution is 5.90. The standard InChI is InChI=1S/C13H14F3N5O/c14-13(15,16)10-5-9(8-17)6-11(7-10)19-12(22)1-3-21-4-2-18-20-21/h2,4-7H,1,3,8,17H2,(H,19,22). The van der Waals surface area contributed by atoms with Crippen molar-refractivity contribution in [1.29, 1.82) is 0 Å². The Morgan fingerprint density at radius 2 is 2.09 bits per heavy atom. The van der Waals surface area contributed by atoms with Crippen LogP contribution < -0.4 is 11.1 Å². The second-order valence-corrected chi connectivity index (χ2v) is 4.58. The van der Waals surface area contributed by atoms with Gasteiger partial charge in [0.2, 0.25) is 5.91 Å². The van der Waals surface area contributed by atoms with Crippen LogP contribution >= 0.6 is 0 Å². The monoisotopic (exact) mass is 313 g/mol. The van der Waals surface area contributed by atoms with Crippen LogP contribution in [0.3, 0.4) is 0 Å². The average Bonchev–Trinajstić information content (AvgIpc) is 2.97. The molecular weight excluding hydrogens is 299 g/mol. The van der Waals surface area contributed by atoms with Gasteiger partial charge >= 0.3 is 6.18 Å². The number of carbonyl (C=O) groups excluding carboxylic acids is 1. The van der Waals surface area contributed by atoms with Crippen LogP contribution in [0.5, 0.6) is 0 Å².